The minimum atomic E-state index is -3.64. The van der Waals surface area contributed by atoms with Gasteiger partial charge in [0.2, 0.25) is 15.9 Å². The maximum Gasteiger partial charge on any atom is 0.243 e. The molecule has 2 aromatic carbocycles. The average Bonchev–Trinajstić information content (AvgIpc) is 3.37. The summed E-state index contributed by atoms with van der Waals surface area (Å²) in [5, 5.41) is 2.98. The van der Waals surface area contributed by atoms with Gasteiger partial charge in [0.15, 0.2) is 11.5 Å². The Morgan fingerprint density at radius 2 is 1.76 bits per heavy atom. The van der Waals surface area contributed by atoms with Gasteiger partial charge in [-0.15, -0.1) is 0 Å². The van der Waals surface area contributed by atoms with E-state index in [1.807, 2.05) is 38.1 Å². The normalized spacial score (nSPS) is 13.9. The number of nitrogens with zero attached hydrogens (tertiary/aromatic N) is 2. The molecule has 8 nitrogen and oxygen atoms in total. The van der Waals surface area contributed by atoms with Crippen molar-refractivity contribution in [1.29, 1.82) is 0 Å². The highest BCUT2D eigenvalue weighted by Crippen LogP contribution is 2.34. The van der Waals surface area contributed by atoms with Crippen molar-refractivity contribution in [2.45, 2.75) is 44.4 Å². The van der Waals surface area contributed by atoms with Gasteiger partial charge in [0.1, 0.15) is 0 Å². The number of carbonyl (C=O) groups excluding carboxylic acids is 1. The lowest BCUT2D eigenvalue weighted by molar-refractivity contribution is -0.116. The fraction of sp³-hybridized carbons (Fsp3) is 0.480. The number of amides is 1. The number of para-hydroxylation sites is 1. The van der Waals surface area contributed by atoms with E-state index in [1.54, 1.807) is 26.4 Å². The van der Waals surface area contributed by atoms with Gasteiger partial charge in [-0.05, 0) is 49.1 Å². The number of nitrogens with one attached hydrogen (secondary N) is 1. The van der Waals surface area contributed by atoms with Crippen molar-refractivity contribution in [2.24, 2.45) is 0 Å². The number of anilines is 2. The molecule has 1 heterocycles. The summed E-state index contributed by atoms with van der Waals surface area (Å²) in [6.07, 6.45) is 2.82. The van der Waals surface area contributed by atoms with E-state index in [-0.39, 0.29) is 17.2 Å². The third-order valence-electron chi connectivity index (χ3n) is 6.14. The van der Waals surface area contributed by atoms with E-state index in [0.717, 1.165) is 37.2 Å². The van der Waals surface area contributed by atoms with E-state index in [4.69, 9.17) is 9.47 Å². The van der Waals surface area contributed by atoms with E-state index in [1.165, 1.54) is 4.31 Å². The van der Waals surface area contributed by atoms with Crippen molar-refractivity contribution in [3.63, 3.8) is 0 Å². The lowest BCUT2D eigenvalue weighted by Crippen LogP contribution is -2.31. The van der Waals surface area contributed by atoms with Gasteiger partial charge in [-0.25, -0.2) is 8.42 Å². The summed E-state index contributed by atoms with van der Waals surface area (Å²) in [5.74, 6) is 1.04. The molecule has 1 amide bonds. The number of sulfonamides is 1. The molecule has 3 rings (SSSR count). The number of benzene rings is 2. The second-order valence-electron chi connectivity index (χ2n) is 8.16. The predicted octanol–water partition coefficient (Wildman–Crippen LogP) is 3.91. The monoisotopic (exact) mass is 489 g/mol. The summed E-state index contributed by atoms with van der Waals surface area (Å²) in [6.45, 7) is 6.16. The Labute approximate surface area is 202 Å². The van der Waals surface area contributed by atoms with E-state index < -0.39 is 10.0 Å². The SMILES string of the molecule is CCN(CC)S(=O)(=O)c1ccc(N2CCCC2)c(NC(=O)CCc2cccc(OC)c2OC)c1. The zero-order chi connectivity index (χ0) is 24.7. The summed E-state index contributed by atoms with van der Waals surface area (Å²) >= 11 is 0. The summed E-state index contributed by atoms with van der Waals surface area (Å²) in [4.78, 5) is 15.3. The van der Waals surface area contributed by atoms with Crippen LogP contribution in [0.3, 0.4) is 0 Å². The van der Waals surface area contributed by atoms with Gasteiger partial charge in [0, 0.05) is 32.6 Å². The number of methoxy groups -OCH3 is 2. The third kappa shape index (κ3) is 5.64. The molecular formula is C25H35N3O5S. The first kappa shape index (κ1) is 25.8. The average molecular weight is 490 g/mol. The molecule has 34 heavy (non-hydrogen) atoms. The van der Waals surface area contributed by atoms with Crippen LogP contribution in [0.25, 0.3) is 0 Å². The first-order valence-electron chi connectivity index (χ1n) is 11.7. The highest BCUT2D eigenvalue weighted by Gasteiger charge is 2.25. The van der Waals surface area contributed by atoms with Gasteiger partial charge in [0.25, 0.3) is 0 Å². The summed E-state index contributed by atoms with van der Waals surface area (Å²) in [5.41, 5.74) is 2.25. The van der Waals surface area contributed by atoms with Crippen LogP contribution >= 0.6 is 0 Å². The number of hydrogen-bond acceptors (Lipinski definition) is 6. The topological polar surface area (TPSA) is 88.2 Å². The largest absolute Gasteiger partial charge is 0.493 e. The molecule has 1 saturated heterocycles. The molecule has 9 heteroatoms. The number of rotatable bonds is 11. The standard InChI is InChI=1S/C25H35N3O5S/c1-5-28(6-2)34(30,31)20-13-14-22(27-16-7-8-17-27)21(18-20)26-24(29)15-12-19-10-9-11-23(32-3)25(19)33-4/h9-11,13-14,18H,5-8,12,15-17H2,1-4H3,(H,26,29). The summed E-state index contributed by atoms with van der Waals surface area (Å²) in [6, 6.07) is 10.6. The van der Waals surface area contributed by atoms with Crippen LogP contribution in [0.5, 0.6) is 11.5 Å². The molecule has 0 bridgehead atoms. The highest BCUT2D eigenvalue weighted by molar-refractivity contribution is 7.89. The quantitative estimate of drug-likeness (QED) is 0.515. The van der Waals surface area contributed by atoms with Crippen molar-refractivity contribution in [3.8, 4) is 11.5 Å². The van der Waals surface area contributed by atoms with Gasteiger partial charge >= 0.3 is 0 Å². The van der Waals surface area contributed by atoms with Crippen LogP contribution in [0.2, 0.25) is 0 Å². The molecule has 186 valence electrons. The highest BCUT2D eigenvalue weighted by atomic mass is 32.2. The molecular weight excluding hydrogens is 454 g/mol. The van der Waals surface area contributed by atoms with Crippen molar-refractivity contribution in [1.82, 2.24) is 4.31 Å². The Kier molecular flexibility index (Phi) is 8.79. The molecule has 0 atom stereocenters. The van der Waals surface area contributed by atoms with Crippen LogP contribution in [0.4, 0.5) is 11.4 Å². The van der Waals surface area contributed by atoms with Crippen molar-refractivity contribution >= 4 is 27.3 Å². The fourth-order valence-corrected chi connectivity index (χ4v) is 5.82. The van der Waals surface area contributed by atoms with Crippen LogP contribution in [0.1, 0.15) is 38.7 Å². The number of ether oxygens (including phenoxy) is 2. The zero-order valence-corrected chi connectivity index (χ0v) is 21.3. The Bertz CT molecular complexity index is 1090. The molecule has 0 aromatic heterocycles. The Morgan fingerprint density at radius 1 is 1.06 bits per heavy atom. The Morgan fingerprint density at radius 3 is 2.38 bits per heavy atom. The molecule has 0 saturated carbocycles. The maximum absolute atomic E-state index is 13.1. The first-order valence-corrected chi connectivity index (χ1v) is 13.2. The van der Waals surface area contributed by atoms with Crippen LogP contribution in [0, 0.1) is 0 Å². The third-order valence-corrected chi connectivity index (χ3v) is 8.18. The molecule has 2 aromatic rings. The van der Waals surface area contributed by atoms with Gasteiger partial charge in [0.05, 0.1) is 30.5 Å². The fourth-order valence-electron chi connectivity index (χ4n) is 4.33. The first-order chi connectivity index (χ1) is 16.3. The second-order valence-corrected chi connectivity index (χ2v) is 10.1. The van der Waals surface area contributed by atoms with Crippen molar-refractivity contribution < 1.29 is 22.7 Å². The number of aryl methyl sites for hydroxylation is 1. The van der Waals surface area contributed by atoms with Crippen LogP contribution < -0.4 is 19.7 Å². The van der Waals surface area contributed by atoms with Crippen LogP contribution in [0.15, 0.2) is 41.3 Å². The van der Waals surface area contributed by atoms with Crippen LogP contribution in [-0.2, 0) is 21.2 Å². The van der Waals surface area contributed by atoms with Crippen molar-refractivity contribution in [2.75, 3.05) is 50.6 Å². The minimum absolute atomic E-state index is 0.184. The number of carbonyl (C=O) groups is 1. The number of hydrogen-bond donors (Lipinski definition) is 1. The van der Waals surface area contributed by atoms with Gasteiger partial charge in [-0.2, -0.15) is 4.31 Å². The minimum Gasteiger partial charge on any atom is -0.493 e. The molecule has 0 unspecified atom stereocenters. The zero-order valence-electron chi connectivity index (χ0n) is 20.5. The van der Waals surface area contributed by atoms with E-state index in [0.29, 0.717) is 36.7 Å². The lowest BCUT2D eigenvalue weighted by atomic mass is 10.1. The van der Waals surface area contributed by atoms with Gasteiger partial charge < -0.3 is 19.7 Å². The van der Waals surface area contributed by atoms with Gasteiger partial charge in [-0.3, -0.25) is 4.79 Å². The molecule has 0 aliphatic carbocycles. The molecule has 0 radical (unpaired) electrons. The van der Waals surface area contributed by atoms with E-state index >= 15 is 0 Å². The lowest BCUT2D eigenvalue weighted by Gasteiger charge is -2.24. The van der Waals surface area contributed by atoms with E-state index in [9.17, 15) is 13.2 Å². The molecule has 1 aliphatic heterocycles. The Hall–Kier alpha value is -2.78. The maximum atomic E-state index is 13.1. The van der Waals surface area contributed by atoms with E-state index in [2.05, 4.69) is 10.2 Å². The van der Waals surface area contributed by atoms with Crippen LogP contribution in [-0.4, -0.2) is 59.0 Å². The molecule has 1 aliphatic rings. The predicted molar refractivity (Wildman–Crippen MR) is 134 cm³/mol. The second kappa shape index (κ2) is 11.6. The van der Waals surface area contributed by atoms with Gasteiger partial charge in [-0.1, -0.05) is 26.0 Å². The summed E-state index contributed by atoms with van der Waals surface area (Å²) < 4.78 is 38.4. The van der Waals surface area contributed by atoms with Crippen molar-refractivity contribution in [3.05, 3.63) is 42.0 Å². The Balaban J connectivity index is 1.85. The smallest absolute Gasteiger partial charge is 0.243 e. The molecule has 0 spiro atoms. The molecule has 1 N–H and O–H groups in total. The summed E-state index contributed by atoms with van der Waals surface area (Å²) in [7, 11) is -0.487. The molecule has 1 fully saturated rings.